The van der Waals surface area contributed by atoms with Crippen LogP contribution in [0.15, 0.2) is 30.3 Å². The highest BCUT2D eigenvalue weighted by Gasteiger charge is 2.10. The molecule has 1 atom stereocenters. The zero-order chi connectivity index (χ0) is 12.8. The maximum absolute atomic E-state index is 11.8. The van der Waals surface area contributed by atoms with Gasteiger partial charge in [-0.3, -0.25) is 4.79 Å². The van der Waals surface area contributed by atoms with Crippen molar-refractivity contribution >= 4 is 23.5 Å². The van der Waals surface area contributed by atoms with Crippen LogP contribution in [-0.4, -0.2) is 31.3 Å². The maximum atomic E-state index is 11.8. The highest BCUT2D eigenvalue weighted by atomic mass is 35.5. The SMILES string of the molecule is C[C@H](CN(C)C)C(=O)/C=C\c1ccc(Cl)cc1. The molecular weight excluding hydrogens is 234 g/mol. The average molecular weight is 252 g/mol. The van der Waals surface area contributed by atoms with Crippen molar-refractivity contribution in [1.82, 2.24) is 4.90 Å². The van der Waals surface area contributed by atoms with Crippen LogP contribution in [0.5, 0.6) is 0 Å². The van der Waals surface area contributed by atoms with E-state index in [-0.39, 0.29) is 11.7 Å². The van der Waals surface area contributed by atoms with Gasteiger partial charge in [0.2, 0.25) is 0 Å². The summed E-state index contributed by atoms with van der Waals surface area (Å²) in [5, 5.41) is 0.703. The molecule has 0 bridgehead atoms. The molecule has 1 aromatic carbocycles. The van der Waals surface area contributed by atoms with Crippen LogP contribution in [0.25, 0.3) is 6.08 Å². The standard InChI is InChI=1S/C14H18ClNO/c1-11(10-16(2)3)14(17)9-6-12-4-7-13(15)8-5-12/h4-9,11H,10H2,1-3H3/b9-6-/t11-/m1/s1. The largest absolute Gasteiger partial charge is 0.309 e. The molecule has 0 N–H and O–H groups in total. The lowest BCUT2D eigenvalue weighted by atomic mass is 10.0. The highest BCUT2D eigenvalue weighted by molar-refractivity contribution is 6.30. The van der Waals surface area contributed by atoms with Crippen molar-refractivity contribution in [2.24, 2.45) is 5.92 Å². The van der Waals surface area contributed by atoms with Crippen LogP contribution < -0.4 is 0 Å². The zero-order valence-corrected chi connectivity index (χ0v) is 11.2. The molecule has 92 valence electrons. The molecule has 0 heterocycles. The van der Waals surface area contributed by atoms with E-state index in [1.54, 1.807) is 6.08 Å². The first kappa shape index (κ1) is 13.9. The average Bonchev–Trinajstić information content (AvgIpc) is 2.27. The Bertz CT molecular complexity index is 395. The van der Waals surface area contributed by atoms with Crippen LogP contribution in [0.4, 0.5) is 0 Å². The minimum Gasteiger partial charge on any atom is -0.309 e. The van der Waals surface area contributed by atoms with Gasteiger partial charge in [0.1, 0.15) is 0 Å². The van der Waals surface area contributed by atoms with Crippen molar-refractivity contribution in [3.05, 3.63) is 40.9 Å². The Morgan fingerprint density at radius 1 is 1.35 bits per heavy atom. The van der Waals surface area contributed by atoms with Crippen LogP contribution in [0.2, 0.25) is 5.02 Å². The number of hydrogen-bond acceptors (Lipinski definition) is 2. The van der Waals surface area contributed by atoms with Crippen LogP contribution in [-0.2, 0) is 4.79 Å². The fourth-order valence-corrected chi connectivity index (χ4v) is 1.68. The van der Waals surface area contributed by atoms with Gasteiger partial charge in [0.15, 0.2) is 5.78 Å². The molecule has 0 unspecified atom stereocenters. The number of hydrogen-bond donors (Lipinski definition) is 0. The summed E-state index contributed by atoms with van der Waals surface area (Å²) in [4.78, 5) is 13.8. The predicted molar refractivity (Wildman–Crippen MR) is 73.2 cm³/mol. The fraction of sp³-hybridized carbons (Fsp3) is 0.357. The van der Waals surface area contributed by atoms with Gasteiger partial charge in [-0.1, -0.05) is 36.7 Å². The van der Waals surface area contributed by atoms with E-state index in [4.69, 9.17) is 11.6 Å². The Kier molecular flexibility index (Phi) is 5.39. The summed E-state index contributed by atoms with van der Waals surface area (Å²) in [5.74, 6) is 0.169. The molecule has 0 fully saturated rings. The summed E-state index contributed by atoms with van der Waals surface area (Å²) in [7, 11) is 3.93. The van der Waals surface area contributed by atoms with Crippen molar-refractivity contribution in [2.75, 3.05) is 20.6 Å². The Balaban J connectivity index is 2.58. The first-order valence-corrected chi connectivity index (χ1v) is 5.99. The normalized spacial score (nSPS) is 13.2. The van der Waals surface area contributed by atoms with Crippen LogP contribution in [0, 0.1) is 5.92 Å². The van der Waals surface area contributed by atoms with E-state index in [1.807, 2.05) is 56.3 Å². The second-order valence-electron chi connectivity index (χ2n) is 4.45. The smallest absolute Gasteiger partial charge is 0.159 e. The molecule has 2 nitrogen and oxygen atoms in total. The van der Waals surface area contributed by atoms with Crippen molar-refractivity contribution in [3.63, 3.8) is 0 Å². The number of benzene rings is 1. The zero-order valence-electron chi connectivity index (χ0n) is 10.5. The van der Waals surface area contributed by atoms with Gasteiger partial charge in [0.25, 0.3) is 0 Å². The van der Waals surface area contributed by atoms with Gasteiger partial charge in [-0.2, -0.15) is 0 Å². The number of carbonyl (C=O) groups excluding carboxylic acids is 1. The van der Waals surface area contributed by atoms with E-state index in [1.165, 1.54) is 0 Å². The molecule has 0 aliphatic heterocycles. The molecule has 17 heavy (non-hydrogen) atoms. The number of allylic oxidation sites excluding steroid dienone is 1. The summed E-state index contributed by atoms with van der Waals surface area (Å²) in [6.45, 7) is 2.71. The first-order valence-electron chi connectivity index (χ1n) is 5.61. The lowest BCUT2D eigenvalue weighted by Gasteiger charge is -2.13. The maximum Gasteiger partial charge on any atom is 0.159 e. The van der Waals surface area contributed by atoms with Gasteiger partial charge < -0.3 is 4.90 Å². The quantitative estimate of drug-likeness (QED) is 0.750. The fourth-order valence-electron chi connectivity index (χ4n) is 1.55. The lowest BCUT2D eigenvalue weighted by molar-refractivity contribution is -0.118. The highest BCUT2D eigenvalue weighted by Crippen LogP contribution is 2.11. The Hall–Kier alpha value is -1.12. The summed E-state index contributed by atoms with van der Waals surface area (Å²) in [5.41, 5.74) is 0.986. The van der Waals surface area contributed by atoms with Gasteiger partial charge >= 0.3 is 0 Å². The van der Waals surface area contributed by atoms with E-state index in [9.17, 15) is 4.79 Å². The summed E-state index contributed by atoms with van der Waals surface area (Å²) < 4.78 is 0. The number of nitrogens with zero attached hydrogens (tertiary/aromatic N) is 1. The second-order valence-corrected chi connectivity index (χ2v) is 4.89. The van der Waals surface area contributed by atoms with Crippen molar-refractivity contribution in [1.29, 1.82) is 0 Å². The molecule has 0 aliphatic carbocycles. The second kappa shape index (κ2) is 6.58. The molecule has 0 saturated carbocycles. The molecule has 1 rings (SSSR count). The molecule has 0 spiro atoms. The molecule has 0 amide bonds. The Labute approximate surface area is 108 Å². The van der Waals surface area contributed by atoms with Crippen molar-refractivity contribution in [2.45, 2.75) is 6.92 Å². The van der Waals surface area contributed by atoms with Crippen LogP contribution in [0.1, 0.15) is 12.5 Å². The van der Waals surface area contributed by atoms with Gasteiger partial charge in [-0.15, -0.1) is 0 Å². The van der Waals surface area contributed by atoms with Gasteiger partial charge in [0.05, 0.1) is 0 Å². The van der Waals surface area contributed by atoms with E-state index in [2.05, 4.69) is 0 Å². The van der Waals surface area contributed by atoms with Gasteiger partial charge in [-0.05, 0) is 37.9 Å². The molecule has 0 aromatic heterocycles. The van der Waals surface area contributed by atoms with E-state index < -0.39 is 0 Å². The summed E-state index contributed by atoms with van der Waals surface area (Å²) >= 11 is 5.79. The molecule has 0 saturated heterocycles. The summed E-state index contributed by atoms with van der Waals surface area (Å²) in [6.07, 6.45) is 3.46. The minimum absolute atomic E-state index is 0.0218. The van der Waals surface area contributed by atoms with E-state index in [0.29, 0.717) is 5.02 Å². The van der Waals surface area contributed by atoms with Crippen LogP contribution in [0.3, 0.4) is 0 Å². The van der Waals surface area contributed by atoms with Crippen molar-refractivity contribution in [3.8, 4) is 0 Å². The topological polar surface area (TPSA) is 20.3 Å². The third-order valence-electron chi connectivity index (χ3n) is 2.43. The third-order valence-corrected chi connectivity index (χ3v) is 2.69. The lowest BCUT2D eigenvalue weighted by Crippen LogP contribution is -2.24. The number of halogens is 1. The number of ketones is 1. The van der Waals surface area contributed by atoms with Gasteiger partial charge in [-0.25, -0.2) is 0 Å². The first-order chi connectivity index (χ1) is 7.99. The molecule has 0 aliphatic rings. The Morgan fingerprint density at radius 2 is 1.94 bits per heavy atom. The number of rotatable bonds is 5. The van der Waals surface area contributed by atoms with E-state index in [0.717, 1.165) is 12.1 Å². The van der Waals surface area contributed by atoms with Crippen LogP contribution >= 0.6 is 11.6 Å². The molecule has 0 radical (unpaired) electrons. The molecule has 3 heteroatoms. The van der Waals surface area contributed by atoms with Gasteiger partial charge in [0, 0.05) is 17.5 Å². The molecular formula is C14H18ClNO. The van der Waals surface area contributed by atoms with Crippen molar-refractivity contribution < 1.29 is 4.79 Å². The Morgan fingerprint density at radius 3 is 2.47 bits per heavy atom. The number of carbonyl (C=O) groups is 1. The third kappa shape index (κ3) is 5.16. The monoisotopic (exact) mass is 251 g/mol. The summed E-state index contributed by atoms with van der Waals surface area (Å²) in [6, 6.07) is 7.41. The predicted octanol–water partition coefficient (Wildman–Crippen LogP) is 3.12. The molecule has 1 aromatic rings. The van der Waals surface area contributed by atoms with E-state index >= 15 is 0 Å². The minimum atomic E-state index is 0.0218.